The summed E-state index contributed by atoms with van der Waals surface area (Å²) >= 11 is 0. The summed E-state index contributed by atoms with van der Waals surface area (Å²) in [4.78, 5) is 0. The highest BCUT2D eigenvalue weighted by Gasteiger charge is 2.33. The molecule has 3 heteroatoms. The van der Waals surface area contributed by atoms with E-state index in [-0.39, 0.29) is 11.7 Å². The summed E-state index contributed by atoms with van der Waals surface area (Å²) in [5.74, 6) is 0. The molecule has 1 atom stereocenters. The molecule has 0 aromatic rings. The van der Waals surface area contributed by atoms with E-state index in [1.807, 2.05) is 20.8 Å². The Morgan fingerprint density at radius 1 is 1.50 bits per heavy atom. The third kappa shape index (κ3) is 0.882. The summed E-state index contributed by atoms with van der Waals surface area (Å²) in [5.41, 5.74) is -0.125. The van der Waals surface area contributed by atoms with Gasteiger partial charge in [0, 0.05) is 0 Å². The Labute approximate surface area is 50.5 Å². The second kappa shape index (κ2) is 1.74. The van der Waals surface area contributed by atoms with E-state index < -0.39 is 0 Å². The van der Waals surface area contributed by atoms with Gasteiger partial charge in [-0.1, -0.05) is 0 Å². The first-order chi connectivity index (χ1) is 3.63. The lowest BCUT2D eigenvalue weighted by molar-refractivity contribution is 0.0846. The standard InChI is InChI=1S/C5H10BO2/c1-4-5(2,3)8-6-7-4/h4H,1-3H3/t4-/m1/s1. The van der Waals surface area contributed by atoms with Gasteiger partial charge in [-0.05, 0) is 20.8 Å². The van der Waals surface area contributed by atoms with Gasteiger partial charge in [-0.2, -0.15) is 0 Å². The Morgan fingerprint density at radius 2 is 2.12 bits per heavy atom. The molecule has 0 saturated carbocycles. The van der Waals surface area contributed by atoms with Crippen LogP contribution in [0.4, 0.5) is 0 Å². The van der Waals surface area contributed by atoms with Crippen LogP contribution in [0.15, 0.2) is 0 Å². The zero-order valence-corrected chi connectivity index (χ0v) is 5.47. The zero-order valence-electron chi connectivity index (χ0n) is 5.47. The predicted molar refractivity (Wildman–Crippen MR) is 31.5 cm³/mol. The van der Waals surface area contributed by atoms with Crippen LogP contribution < -0.4 is 0 Å². The quantitative estimate of drug-likeness (QED) is 0.431. The van der Waals surface area contributed by atoms with Gasteiger partial charge in [0.05, 0.1) is 11.7 Å². The van der Waals surface area contributed by atoms with Crippen LogP contribution >= 0.6 is 0 Å². The zero-order chi connectivity index (χ0) is 6.20. The Bertz CT molecular complexity index is 92.4. The van der Waals surface area contributed by atoms with E-state index >= 15 is 0 Å². The highest BCUT2D eigenvalue weighted by molar-refractivity contribution is 6.19. The maximum atomic E-state index is 5.11. The third-order valence-electron chi connectivity index (χ3n) is 1.59. The Kier molecular flexibility index (Phi) is 1.33. The molecule has 1 heterocycles. The van der Waals surface area contributed by atoms with Crippen LogP contribution in [0.2, 0.25) is 0 Å². The summed E-state index contributed by atoms with van der Waals surface area (Å²) in [7, 11) is 1.41. The van der Waals surface area contributed by atoms with E-state index in [0.717, 1.165) is 0 Å². The Morgan fingerprint density at radius 3 is 2.25 bits per heavy atom. The van der Waals surface area contributed by atoms with Crippen molar-refractivity contribution >= 4 is 7.69 Å². The van der Waals surface area contributed by atoms with Crippen LogP contribution in [-0.2, 0) is 9.31 Å². The summed E-state index contributed by atoms with van der Waals surface area (Å²) in [5, 5.41) is 0. The summed E-state index contributed by atoms with van der Waals surface area (Å²) in [6.45, 7) is 5.99. The molecule has 1 saturated heterocycles. The number of hydrogen-bond donors (Lipinski definition) is 0. The molecule has 0 aromatic carbocycles. The Hall–Kier alpha value is -0.0151. The smallest absolute Gasteiger partial charge is 0.408 e. The molecule has 0 bridgehead atoms. The highest BCUT2D eigenvalue weighted by atomic mass is 16.6. The SMILES string of the molecule is C[C@H]1O[B]OC1(C)C. The minimum absolute atomic E-state index is 0.125. The fourth-order valence-electron chi connectivity index (χ4n) is 0.495. The number of rotatable bonds is 0. The summed E-state index contributed by atoms with van der Waals surface area (Å²) in [6.07, 6.45) is 0.183. The second-order valence-corrected chi connectivity index (χ2v) is 2.60. The topological polar surface area (TPSA) is 18.5 Å². The fraction of sp³-hybridized carbons (Fsp3) is 1.00. The first kappa shape index (κ1) is 6.11. The molecule has 1 radical (unpaired) electrons. The van der Waals surface area contributed by atoms with Crippen molar-refractivity contribution in [2.75, 3.05) is 0 Å². The molecular formula is C5H10BO2. The Balaban J connectivity index is 2.54. The van der Waals surface area contributed by atoms with Gasteiger partial charge in [-0.3, -0.25) is 0 Å². The molecule has 1 aliphatic heterocycles. The van der Waals surface area contributed by atoms with E-state index in [1.54, 1.807) is 0 Å². The molecule has 0 amide bonds. The lowest BCUT2D eigenvalue weighted by atomic mass is 10.0. The minimum atomic E-state index is -0.125. The van der Waals surface area contributed by atoms with Crippen molar-refractivity contribution in [2.45, 2.75) is 32.5 Å². The largest absolute Gasteiger partial charge is 0.488 e. The van der Waals surface area contributed by atoms with Crippen LogP contribution in [-0.4, -0.2) is 19.4 Å². The van der Waals surface area contributed by atoms with Crippen LogP contribution in [0.25, 0.3) is 0 Å². The summed E-state index contributed by atoms with van der Waals surface area (Å²) < 4.78 is 10.1. The molecule has 2 nitrogen and oxygen atoms in total. The van der Waals surface area contributed by atoms with Gasteiger partial charge in [0.1, 0.15) is 0 Å². The average molecular weight is 113 g/mol. The minimum Gasteiger partial charge on any atom is -0.408 e. The third-order valence-corrected chi connectivity index (χ3v) is 1.59. The maximum absolute atomic E-state index is 5.11. The maximum Gasteiger partial charge on any atom is 0.488 e. The van der Waals surface area contributed by atoms with Gasteiger partial charge < -0.3 is 9.31 Å². The van der Waals surface area contributed by atoms with E-state index in [9.17, 15) is 0 Å². The van der Waals surface area contributed by atoms with E-state index in [2.05, 4.69) is 0 Å². The van der Waals surface area contributed by atoms with Crippen molar-refractivity contribution in [2.24, 2.45) is 0 Å². The van der Waals surface area contributed by atoms with Gasteiger partial charge in [-0.15, -0.1) is 0 Å². The first-order valence-electron chi connectivity index (χ1n) is 2.78. The van der Waals surface area contributed by atoms with Crippen molar-refractivity contribution < 1.29 is 9.31 Å². The molecule has 0 unspecified atom stereocenters. The molecule has 0 N–H and O–H groups in total. The molecule has 0 aliphatic carbocycles. The van der Waals surface area contributed by atoms with Crippen molar-refractivity contribution in [1.29, 1.82) is 0 Å². The molecule has 0 aromatic heterocycles. The highest BCUT2D eigenvalue weighted by Crippen LogP contribution is 2.21. The lowest BCUT2D eigenvalue weighted by Crippen LogP contribution is -2.29. The predicted octanol–water partition coefficient (Wildman–Crippen LogP) is 0.734. The fourth-order valence-corrected chi connectivity index (χ4v) is 0.495. The van der Waals surface area contributed by atoms with Gasteiger partial charge in [0.25, 0.3) is 0 Å². The van der Waals surface area contributed by atoms with Crippen molar-refractivity contribution in [3.8, 4) is 0 Å². The van der Waals surface area contributed by atoms with Crippen LogP contribution in [0.5, 0.6) is 0 Å². The molecule has 45 valence electrons. The molecule has 1 fully saturated rings. The monoisotopic (exact) mass is 113 g/mol. The van der Waals surface area contributed by atoms with Crippen molar-refractivity contribution in [3.63, 3.8) is 0 Å². The average Bonchev–Trinajstić information content (AvgIpc) is 1.86. The van der Waals surface area contributed by atoms with Crippen LogP contribution in [0.1, 0.15) is 20.8 Å². The number of hydrogen-bond acceptors (Lipinski definition) is 2. The molecular weight excluding hydrogens is 103 g/mol. The second-order valence-electron chi connectivity index (χ2n) is 2.60. The van der Waals surface area contributed by atoms with Gasteiger partial charge >= 0.3 is 7.69 Å². The molecule has 8 heavy (non-hydrogen) atoms. The molecule has 1 aliphatic rings. The normalized spacial score (nSPS) is 34.6. The van der Waals surface area contributed by atoms with Gasteiger partial charge in [-0.25, -0.2) is 0 Å². The van der Waals surface area contributed by atoms with E-state index in [4.69, 9.17) is 9.31 Å². The van der Waals surface area contributed by atoms with Gasteiger partial charge in [0.15, 0.2) is 0 Å². The van der Waals surface area contributed by atoms with E-state index in [0.29, 0.717) is 0 Å². The molecule has 1 rings (SSSR count). The van der Waals surface area contributed by atoms with Crippen molar-refractivity contribution in [1.82, 2.24) is 0 Å². The molecule has 0 spiro atoms. The first-order valence-corrected chi connectivity index (χ1v) is 2.78. The summed E-state index contributed by atoms with van der Waals surface area (Å²) in [6, 6.07) is 0. The van der Waals surface area contributed by atoms with Gasteiger partial charge in [0.2, 0.25) is 0 Å². The van der Waals surface area contributed by atoms with E-state index in [1.165, 1.54) is 7.69 Å². The lowest BCUT2D eigenvalue weighted by Gasteiger charge is -2.21. The van der Waals surface area contributed by atoms with Crippen molar-refractivity contribution in [3.05, 3.63) is 0 Å². The van der Waals surface area contributed by atoms with Crippen LogP contribution in [0, 0.1) is 0 Å². The van der Waals surface area contributed by atoms with Crippen LogP contribution in [0.3, 0.4) is 0 Å².